The van der Waals surface area contributed by atoms with E-state index in [-0.39, 0.29) is 5.56 Å². The molecule has 0 saturated heterocycles. The lowest BCUT2D eigenvalue weighted by atomic mass is 9.85. The van der Waals surface area contributed by atoms with Crippen molar-refractivity contribution in [1.82, 2.24) is 9.13 Å². The van der Waals surface area contributed by atoms with E-state index in [1.807, 2.05) is 90.6 Å². The molecule has 0 fully saturated rings. The zero-order chi connectivity index (χ0) is 24.0. The normalized spacial score (nSPS) is 13.2. The van der Waals surface area contributed by atoms with E-state index in [0.717, 1.165) is 38.9 Å². The molecule has 0 amide bonds. The summed E-state index contributed by atoms with van der Waals surface area (Å²) in [6.07, 6.45) is 1.98. The molecule has 6 heteroatoms. The van der Waals surface area contributed by atoms with Crippen LogP contribution in [0.4, 0.5) is 0 Å². The van der Waals surface area contributed by atoms with E-state index < -0.39 is 4.87 Å². The second-order valence-electron chi connectivity index (χ2n) is 8.37. The number of hydrogen-bond acceptors (Lipinski definition) is 1. The van der Waals surface area contributed by atoms with Gasteiger partial charge in [0.25, 0.3) is 5.56 Å². The maximum Gasteiger partial charge on any atom is 0.251 e. The smallest absolute Gasteiger partial charge is 0.251 e. The Morgan fingerprint density at radius 3 is 2.18 bits per heavy atom. The molecule has 2 aromatic heterocycles. The third-order valence-electron chi connectivity index (χ3n) is 6.32. The summed E-state index contributed by atoms with van der Waals surface area (Å²) in [5, 5.41) is 2.17. The van der Waals surface area contributed by atoms with Crippen molar-refractivity contribution in [2.45, 2.75) is 4.87 Å². The molecule has 0 N–H and O–H groups in total. The fraction of sp³-hybridized carbons (Fsp3) is 0.107. The highest BCUT2D eigenvalue weighted by Gasteiger charge is 2.36. The van der Waals surface area contributed by atoms with Crippen LogP contribution in [0.3, 0.4) is 0 Å². The van der Waals surface area contributed by atoms with Gasteiger partial charge in [0.15, 0.2) is 0 Å². The van der Waals surface area contributed by atoms with Gasteiger partial charge in [-0.1, -0.05) is 53.5 Å². The van der Waals surface area contributed by atoms with Crippen molar-refractivity contribution in [2.24, 2.45) is 14.1 Å². The van der Waals surface area contributed by atoms with Crippen LogP contribution in [0.15, 0.2) is 95.9 Å². The molecule has 0 bridgehead atoms. The van der Waals surface area contributed by atoms with Crippen molar-refractivity contribution in [3.05, 3.63) is 128 Å². The summed E-state index contributed by atoms with van der Waals surface area (Å²) < 4.78 is 3.66. The number of nitrogens with zero attached hydrogens (tertiary/aromatic N) is 2. The van der Waals surface area contributed by atoms with Gasteiger partial charge in [-0.15, -0.1) is 11.6 Å². The van der Waals surface area contributed by atoms with Crippen molar-refractivity contribution >= 4 is 45.7 Å². The maximum atomic E-state index is 12.8. The maximum absolute atomic E-state index is 12.8. The number of pyridine rings is 1. The van der Waals surface area contributed by atoms with Crippen molar-refractivity contribution in [3.63, 3.8) is 0 Å². The Labute approximate surface area is 212 Å². The van der Waals surface area contributed by atoms with E-state index >= 15 is 0 Å². The van der Waals surface area contributed by atoms with Crippen LogP contribution in [0, 0.1) is 0 Å². The molecule has 0 aliphatic rings. The average Bonchev–Trinajstić information content (AvgIpc) is 3.27. The van der Waals surface area contributed by atoms with E-state index in [4.69, 9.17) is 34.8 Å². The summed E-state index contributed by atoms with van der Waals surface area (Å²) in [6.45, 7) is 0. The van der Waals surface area contributed by atoms with Gasteiger partial charge in [0, 0.05) is 47.5 Å². The van der Waals surface area contributed by atoms with E-state index in [1.165, 1.54) is 0 Å². The third-order valence-corrected chi connectivity index (χ3v) is 7.44. The molecule has 5 rings (SSSR count). The monoisotopic (exact) mass is 506 g/mol. The first-order valence-electron chi connectivity index (χ1n) is 10.8. The number of aryl methyl sites for hydroxylation is 2. The number of hydrogen-bond donors (Lipinski definition) is 0. The molecular weight excluding hydrogens is 487 g/mol. The average molecular weight is 508 g/mol. The predicted octanol–water partition coefficient (Wildman–Crippen LogP) is 7.38. The van der Waals surface area contributed by atoms with Gasteiger partial charge in [0.2, 0.25) is 0 Å². The van der Waals surface area contributed by atoms with Gasteiger partial charge in [0.05, 0.1) is 5.52 Å². The van der Waals surface area contributed by atoms with Crippen LogP contribution in [0.2, 0.25) is 10.0 Å². The van der Waals surface area contributed by atoms with Crippen LogP contribution in [0.25, 0.3) is 22.0 Å². The Kier molecular flexibility index (Phi) is 5.81. The minimum absolute atomic E-state index is 0.0903. The van der Waals surface area contributed by atoms with Gasteiger partial charge >= 0.3 is 0 Å². The number of fused-ring (bicyclic) bond motifs is 1. The Morgan fingerprint density at radius 2 is 1.50 bits per heavy atom. The molecular formula is C28H21Cl3N2O. The number of halogens is 3. The SMILES string of the molecule is Cn1cccc1C(Cl)(c1ccc(Cl)cc1)c1ccc2c(c1)c(-c1cccc(Cl)c1)cc(=O)n2C. The first kappa shape index (κ1) is 22.8. The van der Waals surface area contributed by atoms with Crippen molar-refractivity contribution < 1.29 is 0 Å². The van der Waals surface area contributed by atoms with Gasteiger partial charge in [-0.25, -0.2) is 0 Å². The fourth-order valence-electron chi connectivity index (χ4n) is 4.53. The van der Waals surface area contributed by atoms with Gasteiger partial charge in [-0.05, 0) is 70.8 Å². The molecule has 0 aliphatic heterocycles. The highest BCUT2D eigenvalue weighted by atomic mass is 35.5. The summed E-state index contributed by atoms with van der Waals surface area (Å²) in [7, 11) is 3.75. The predicted molar refractivity (Wildman–Crippen MR) is 142 cm³/mol. The van der Waals surface area contributed by atoms with E-state index in [1.54, 1.807) is 17.7 Å². The van der Waals surface area contributed by atoms with E-state index in [9.17, 15) is 4.79 Å². The lowest BCUT2D eigenvalue weighted by molar-refractivity contribution is 0.747. The Balaban J connectivity index is 1.84. The van der Waals surface area contributed by atoms with Crippen molar-refractivity contribution in [3.8, 4) is 11.1 Å². The molecule has 0 spiro atoms. The largest absolute Gasteiger partial charge is 0.352 e. The summed E-state index contributed by atoms with van der Waals surface area (Å²) in [4.78, 5) is 11.8. The third kappa shape index (κ3) is 3.74. The summed E-state index contributed by atoms with van der Waals surface area (Å²) in [6, 6.07) is 26.8. The number of alkyl halides is 1. The molecule has 170 valence electrons. The van der Waals surface area contributed by atoms with Crippen molar-refractivity contribution in [2.75, 3.05) is 0 Å². The number of aromatic nitrogens is 2. The standard InChI is InChI=1S/C28H21Cl3N2O/c1-32-14-4-7-26(32)28(31,19-8-11-21(29)12-9-19)20-10-13-25-24(16-20)23(17-27(34)33(25)2)18-5-3-6-22(30)15-18/h3-17H,1-2H3. The van der Waals surface area contributed by atoms with Crippen LogP contribution in [0.1, 0.15) is 16.8 Å². The van der Waals surface area contributed by atoms with E-state index in [0.29, 0.717) is 10.0 Å². The molecule has 3 nitrogen and oxygen atoms in total. The first-order chi connectivity index (χ1) is 16.3. The Morgan fingerprint density at radius 1 is 0.765 bits per heavy atom. The molecule has 5 aromatic rings. The zero-order valence-electron chi connectivity index (χ0n) is 18.6. The number of rotatable bonds is 4. The highest BCUT2D eigenvalue weighted by molar-refractivity contribution is 6.31. The van der Waals surface area contributed by atoms with Gasteiger partial charge in [0.1, 0.15) is 4.87 Å². The van der Waals surface area contributed by atoms with E-state index in [2.05, 4.69) is 6.07 Å². The second-order valence-corrected chi connectivity index (χ2v) is 9.81. The number of benzene rings is 3. The minimum atomic E-state index is -0.975. The van der Waals surface area contributed by atoms with Crippen molar-refractivity contribution in [1.29, 1.82) is 0 Å². The fourth-order valence-corrected chi connectivity index (χ4v) is 5.29. The molecule has 0 radical (unpaired) electrons. The van der Waals surface area contributed by atoms with Crippen LogP contribution in [-0.2, 0) is 19.0 Å². The summed E-state index contributed by atoms with van der Waals surface area (Å²) in [5.41, 5.74) is 5.11. The van der Waals surface area contributed by atoms with Gasteiger partial charge < -0.3 is 9.13 Å². The Bertz CT molecular complexity index is 1580. The summed E-state index contributed by atoms with van der Waals surface area (Å²) >= 11 is 20.0. The molecule has 1 atom stereocenters. The lowest BCUT2D eigenvalue weighted by Gasteiger charge is -2.30. The van der Waals surface area contributed by atoms with Crippen LogP contribution in [0.5, 0.6) is 0 Å². The summed E-state index contributed by atoms with van der Waals surface area (Å²) in [5.74, 6) is 0. The second kappa shape index (κ2) is 8.66. The molecule has 2 heterocycles. The van der Waals surface area contributed by atoms with Gasteiger partial charge in [-0.2, -0.15) is 0 Å². The lowest BCUT2D eigenvalue weighted by Crippen LogP contribution is -2.25. The molecule has 3 aromatic carbocycles. The highest BCUT2D eigenvalue weighted by Crippen LogP contribution is 2.45. The molecule has 34 heavy (non-hydrogen) atoms. The minimum Gasteiger partial charge on any atom is -0.352 e. The van der Waals surface area contributed by atoms with Crippen LogP contribution >= 0.6 is 34.8 Å². The zero-order valence-corrected chi connectivity index (χ0v) is 20.9. The van der Waals surface area contributed by atoms with Crippen LogP contribution < -0.4 is 5.56 Å². The quantitative estimate of drug-likeness (QED) is 0.233. The first-order valence-corrected chi connectivity index (χ1v) is 11.9. The van der Waals surface area contributed by atoms with Crippen LogP contribution in [-0.4, -0.2) is 9.13 Å². The molecule has 0 aliphatic carbocycles. The molecule has 0 saturated carbocycles. The topological polar surface area (TPSA) is 26.9 Å². The molecule has 1 unspecified atom stereocenters. The van der Waals surface area contributed by atoms with Gasteiger partial charge in [-0.3, -0.25) is 4.79 Å². The Hall–Kier alpha value is -2.98.